The molecular formula is C72H140O17P2. The topological polar surface area (TPSA) is 237 Å². The monoisotopic (exact) mass is 1340 g/mol. The number of phosphoric acid groups is 2. The second-order valence-corrected chi connectivity index (χ2v) is 30.6. The number of phosphoric ester groups is 2. The molecule has 0 aromatic heterocycles. The number of ether oxygens (including phenoxy) is 4. The van der Waals surface area contributed by atoms with E-state index in [4.69, 9.17) is 37.0 Å². The summed E-state index contributed by atoms with van der Waals surface area (Å²) in [5, 5.41) is 10.6. The largest absolute Gasteiger partial charge is 0.472 e. The third-order valence-electron chi connectivity index (χ3n) is 16.9. The summed E-state index contributed by atoms with van der Waals surface area (Å²) >= 11 is 0. The molecule has 540 valence electrons. The fourth-order valence-electron chi connectivity index (χ4n) is 10.8. The van der Waals surface area contributed by atoms with Gasteiger partial charge in [0.2, 0.25) is 0 Å². The highest BCUT2D eigenvalue weighted by Crippen LogP contribution is 2.45. The zero-order valence-electron chi connectivity index (χ0n) is 59.5. The Morgan fingerprint density at radius 3 is 0.780 bits per heavy atom. The number of carbonyl (C=O) groups excluding carboxylic acids is 4. The normalized spacial score (nSPS) is 14.5. The Morgan fingerprint density at radius 1 is 0.308 bits per heavy atom. The first-order chi connectivity index (χ1) is 43.6. The van der Waals surface area contributed by atoms with Crippen LogP contribution in [0.15, 0.2) is 0 Å². The molecule has 0 saturated heterocycles. The molecule has 0 saturated carbocycles. The van der Waals surface area contributed by atoms with Crippen molar-refractivity contribution in [3.8, 4) is 0 Å². The Kier molecular flexibility index (Phi) is 60.3. The third kappa shape index (κ3) is 65.1. The number of hydrogen-bond donors (Lipinski definition) is 3. The molecule has 0 rings (SSSR count). The number of hydrogen-bond acceptors (Lipinski definition) is 15. The van der Waals surface area contributed by atoms with Gasteiger partial charge in [0, 0.05) is 25.7 Å². The van der Waals surface area contributed by atoms with Crippen molar-refractivity contribution in [3.63, 3.8) is 0 Å². The molecule has 0 bridgehead atoms. The van der Waals surface area contributed by atoms with E-state index in [1.807, 2.05) is 0 Å². The van der Waals surface area contributed by atoms with E-state index in [9.17, 15) is 43.2 Å². The minimum Gasteiger partial charge on any atom is -0.462 e. The van der Waals surface area contributed by atoms with Crippen molar-refractivity contribution in [1.82, 2.24) is 0 Å². The van der Waals surface area contributed by atoms with Crippen LogP contribution in [-0.4, -0.2) is 96.7 Å². The highest BCUT2D eigenvalue weighted by Gasteiger charge is 2.30. The van der Waals surface area contributed by atoms with Crippen molar-refractivity contribution in [1.29, 1.82) is 0 Å². The lowest BCUT2D eigenvalue weighted by Gasteiger charge is -2.21. The van der Waals surface area contributed by atoms with Crippen LogP contribution in [0.1, 0.15) is 357 Å². The first-order valence-electron chi connectivity index (χ1n) is 37.2. The average Bonchev–Trinajstić information content (AvgIpc) is 3.71. The molecule has 3 N–H and O–H groups in total. The maximum Gasteiger partial charge on any atom is 0.472 e. The van der Waals surface area contributed by atoms with Crippen molar-refractivity contribution in [2.45, 2.75) is 375 Å². The van der Waals surface area contributed by atoms with Crippen LogP contribution in [0.25, 0.3) is 0 Å². The highest BCUT2D eigenvalue weighted by atomic mass is 31.2. The summed E-state index contributed by atoms with van der Waals surface area (Å²) < 4.78 is 68.3. The van der Waals surface area contributed by atoms with Crippen LogP contribution in [0.4, 0.5) is 0 Å². The third-order valence-corrected chi connectivity index (χ3v) is 18.8. The first-order valence-corrected chi connectivity index (χ1v) is 40.2. The maximum atomic E-state index is 13.0. The summed E-state index contributed by atoms with van der Waals surface area (Å²) in [6.07, 6.45) is 44.5. The molecule has 17 nitrogen and oxygen atoms in total. The number of aliphatic hydroxyl groups excluding tert-OH is 1. The standard InChI is InChI=1S/C72H140O17P2/c1-9-65(8)51-43-35-30-31-37-45-53-70(75)83-59-68(89-72(77)55-47-39-29-23-22-26-34-42-50-64(6)7)61-87-91(80,81)85-57-66(73)56-84-90(78,79)86-60-67(58-82-69(74)52-44-36-27-21-17-19-25-33-41-49-63(4)5)88-71(76)54-46-38-28-20-16-14-12-10-11-13-15-18-24-32-40-48-62(2)3/h62-68,73H,9-61H2,1-8H3,(H,78,79)(H,80,81)/t65?,66-,67-,68-/m1/s1. The van der Waals surface area contributed by atoms with Gasteiger partial charge in [0.25, 0.3) is 0 Å². The van der Waals surface area contributed by atoms with Crippen LogP contribution in [0.5, 0.6) is 0 Å². The summed E-state index contributed by atoms with van der Waals surface area (Å²) in [7, 11) is -9.91. The van der Waals surface area contributed by atoms with Crippen LogP contribution in [-0.2, 0) is 65.4 Å². The smallest absolute Gasteiger partial charge is 0.462 e. The molecule has 0 aromatic rings. The number of aliphatic hydroxyl groups is 1. The maximum absolute atomic E-state index is 13.0. The SMILES string of the molecule is CCC(C)CCCCCCCCC(=O)OC[C@H](COP(=O)(O)OC[C@H](O)COP(=O)(O)OC[C@@H](COC(=O)CCCCCCCCCCCC(C)C)OC(=O)CCCCCCCCCCCCCCCCCC(C)C)OC(=O)CCCCCCCCCCC(C)C. The van der Waals surface area contributed by atoms with Crippen LogP contribution in [0.3, 0.4) is 0 Å². The van der Waals surface area contributed by atoms with Gasteiger partial charge in [-0.1, -0.05) is 306 Å². The molecule has 0 aliphatic carbocycles. The molecule has 0 heterocycles. The molecule has 0 aromatic carbocycles. The van der Waals surface area contributed by atoms with E-state index in [0.717, 1.165) is 120 Å². The van der Waals surface area contributed by atoms with Gasteiger partial charge in [-0.05, 0) is 49.4 Å². The van der Waals surface area contributed by atoms with Crippen LogP contribution in [0, 0.1) is 23.7 Å². The van der Waals surface area contributed by atoms with Gasteiger partial charge in [-0.25, -0.2) is 9.13 Å². The average molecular weight is 1340 g/mol. The molecule has 6 atom stereocenters. The second-order valence-electron chi connectivity index (χ2n) is 27.6. The summed E-state index contributed by atoms with van der Waals surface area (Å²) in [6.45, 7) is 14.1. The quantitative estimate of drug-likeness (QED) is 0.0222. The van der Waals surface area contributed by atoms with Gasteiger partial charge < -0.3 is 33.8 Å². The van der Waals surface area contributed by atoms with E-state index in [1.165, 1.54) is 154 Å². The lowest BCUT2D eigenvalue weighted by atomic mass is 10.00. The Bertz CT molecular complexity index is 1800. The Balaban J connectivity index is 5.24. The summed E-state index contributed by atoms with van der Waals surface area (Å²) in [5.74, 6) is 0.866. The molecule has 0 aliphatic rings. The first kappa shape index (κ1) is 89.1. The fraction of sp³-hybridized carbons (Fsp3) is 0.944. The summed E-state index contributed by atoms with van der Waals surface area (Å²) in [5.41, 5.74) is 0. The Morgan fingerprint density at radius 2 is 0.527 bits per heavy atom. The summed E-state index contributed by atoms with van der Waals surface area (Å²) in [4.78, 5) is 72.6. The van der Waals surface area contributed by atoms with E-state index in [2.05, 4.69) is 55.4 Å². The van der Waals surface area contributed by atoms with Crippen molar-refractivity contribution in [3.05, 3.63) is 0 Å². The van der Waals surface area contributed by atoms with Gasteiger partial charge >= 0.3 is 39.5 Å². The van der Waals surface area contributed by atoms with Gasteiger partial charge in [0.15, 0.2) is 12.2 Å². The molecule has 0 aliphatic heterocycles. The van der Waals surface area contributed by atoms with E-state index >= 15 is 0 Å². The number of esters is 4. The minimum atomic E-state index is -4.95. The van der Waals surface area contributed by atoms with E-state index in [1.54, 1.807) is 0 Å². The van der Waals surface area contributed by atoms with Crippen LogP contribution < -0.4 is 0 Å². The highest BCUT2D eigenvalue weighted by molar-refractivity contribution is 7.47. The lowest BCUT2D eigenvalue weighted by molar-refractivity contribution is -0.161. The van der Waals surface area contributed by atoms with Gasteiger partial charge in [0.1, 0.15) is 19.3 Å². The number of unbranched alkanes of at least 4 members (excludes halogenated alkanes) is 34. The minimum absolute atomic E-state index is 0.103. The molecule has 0 radical (unpaired) electrons. The van der Waals surface area contributed by atoms with Gasteiger partial charge in [-0.2, -0.15) is 0 Å². The molecule has 3 unspecified atom stereocenters. The number of rotatable bonds is 69. The number of carbonyl (C=O) groups is 4. The lowest BCUT2D eigenvalue weighted by Crippen LogP contribution is -2.30. The fourth-order valence-corrected chi connectivity index (χ4v) is 12.4. The van der Waals surface area contributed by atoms with Crippen molar-refractivity contribution < 1.29 is 80.2 Å². The molecular weight excluding hydrogens is 1200 g/mol. The van der Waals surface area contributed by atoms with Gasteiger partial charge in [-0.15, -0.1) is 0 Å². The zero-order chi connectivity index (χ0) is 67.5. The predicted octanol–water partition coefficient (Wildman–Crippen LogP) is 20.5. The second kappa shape index (κ2) is 61.6. The van der Waals surface area contributed by atoms with Crippen molar-refractivity contribution >= 4 is 39.5 Å². The van der Waals surface area contributed by atoms with Crippen LogP contribution in [0.2, 0.25) is 0 Å². The Hall–Kier alpha value is -1.94. The molecule has 0 fully saturated rings. The summed E-state index contributed by atoms with van der Waals surface area (Å²) in [6, 6.07) is 0. The molecule has 0 spiro atoms. The van der Waals surface area contributed by atoms with Gasteiger partial charge in [0.05, 0.1) is 26.4 Å². The van der Waals surface area contributed by atoms with Crippen molar-refractivity contribution in [2.75, 3.05) is 39.6 Å². The predicted molar refractivity (Wildman–Crippen MR) is 367 cm³/mol. The molecule has 19 heteroatoms. The molecule has 0 amide bonds. The van der Waals surface area contributed by atoms with E-state index < -0.39 is 97.5 Å². The molecule has 91 heavy (non-hydrogen) atoms. The van der Waals surface area contributed by atoms with Crippen molar-refractivity contribution in [2.24, 2.45) is 23.7 Å². The zero-order valence-corrected chi connectivity index (χ0v) is 61.3. The van der Waals surface area contributed by atoms with Gasteiger partial charge in [-0.3, -0.25) is 37.3 Å². The van der Waals surface area contributed by atoms with Crippen LogP contribution >= 0.6 is 15.6 Å². The van der Waals surface area contributed by atoms with E-state index in [0.29, 0.717) is 25.7 Å². The van der Waals surface area contributed by atoms with E-state index in [-0.39, 0.29) is 25.7 Å². The Labute approximate surface area is 556 Å².